The highest BCUT2D eigenvalue weighted by atomic mass is 19.1. The smallest absolute Gasteiger partial charge is 0.141 e. The average molecular weight is 252 g/mol. The normalized spacial score (nSPS) is 12.9. The summed E-state index contributed by atoms with van der Waals surface area (Å²) in [6.45, 7) is 7.61. The molecule has 0 radical (unpaired) electrons. The molecule has 1 rings (SSSR count). The summed E-state index contributed by atoms with van der Waals surface area (Å²) in [4.78, 5) is 4.19. The molecule has 0 saturated carbocycles. The zero-order chi connectivity index (χ0) is 13.4. The first-order chi connectivity index (χ1) is 8.63. The fourth-order valence-electron chi connectivity index (χ4n) is 2.00. The minimum Gasteiger partial charge on any atom is -0.309 e. The summed E-state index contributed by atoms with van der Waals surface area (Å²) in [7, 11) is 0. The van der Waals surface area contributed by atoms with Crippen LogP contribution in [0, 0.1) is 11.7 Å². The van der Waals surface area contributed by atoms with Gasteiger partial charge in [-0.25, -0.2) is 4.39 Å². The van der Waals surface area contributed by atoms with E-state index in [2.05, 4.69) is 31.1 Å². The molecule has 102 valence electrons. The predicted molar refractivity (Wildman–Crippen MR) is 73.9 cm³/mol. The Bertz CT molecular complexity index is 322. The van der Waals surface area contributed by atoms with Crippen LogP contribution < -0.4 is 5.32 Å². The molecule has 0 fully saturated rings. The molecule has 0 aliphatic carbocycles. The van der Waals surface area contributed by atoms with Gasteiger partial charge >= 0.3 is 0 Å². The number of rotatable bonds is 8. The zero-order valence-corrected chi connectivity index (χ0v) is 11.7. The molecule has 1 atom stereocenters. The lowest BCUT2D eigenvalue weighted by Gasteiger charge is -2.18. The van der Waals surface area contributed by atoms with Crippen LogP contribution in [0.1, 0.15) is 58.2 Å². The van der Waals surface area contributed by atoms with E-state index in [-0.39, 0.29) is 11.9 Å². The molecule has 1 heterocycles. The third-order valence-corrected chi connectivity index (χ3v) is 3.02. The van der Waals surface area contributed by atoms with Crippen molar-refractivity contribution in [1.82, 2.24) is 10.3 Å². The molecule has 3 heteroatoms. The third-order valence-electron chi connectivity index (χ3n) is 3.02. The Morgan fingerprint density at radius 1 is 1.28 bits per heavy atom. The van der Waals surface area contributed by atoms with Crippen molar-refractivity contribution < 1.29 is 4.39 Å². The number of hydrogen-bond donors (Lipinski definition) is 1. The highest BCUT2D eigenvalue weighted by Crippen LogP contribution is 2.19. The first kappa shape index (κ1) is 15.1. The lowest BCUT2D eigenvalue weighted by atomic mass is 10.0. The maximum atomic E-state index is 12.9. The summed E-state index contributed by atoms with van der Waals surface area (Å²) in [6.07, 6.45) is 5.88. The number of hydrogen-bond acceptors (Lipinski definition) is 2. The molecule has 1 aromatic rings. The molecule has 0 saturated heterocycles. The van der Waals surface area contributed by atoms with Crippen molar-refractivity contribution in [3.05, 3.63) is 29.8 Å². The highest BCUT2D eigenvalue weighted by Gasteiger charge is 2.12. The summed E-state index contributed by atoms with van der Waals surface area (Å²) in [5.74, 6) is 0.466. The van der Waals surface area contributed by atoms with Crippen LogP contribution in [0.25, 0.3) is 0 Å². The molecule has 0 amide bonds. The number of aromatic nitrogens is 1. The van der Waals surface area contributed by atoms with Crippen LogP contribution in [-0.2, 0) is 0 Å². The SMILES string of the molecule is CCCNC(CCCC(C)C)c1ccc(F)cn1. The minimum atomic E-state index is -0.268. The Labute approximate surface area is 110 Å². The van der Waals surface area contributed by atoms with Gasteiger partial charge in [0.15, 0.2) is 0 Å². The minimum absolute atomic E-state index is 0.254. The summed E-state index contributed by atoms with van der Waals surface area (Å²) < 4.78 is 12.9. The molecule has 0 aromatic carbocycles. The van der Waals surface area contributed by atoms with Crippen molar-refractivity contribution in [1.29, 1.82) is 0 Å². The molecule has 0 aliphatic rings. The van der Waals surface area contributed by atoms with Crippen molar-refractivity contribution in [2.75, 3.05) is 6.54 Å². The van der Waals surface area contributed by atoms with Gasteiger partial charge in [0.05, 0.1) is 11.9 Å². The topological polar surface area (TPSA) is 24.9 Å². The van der Waals surface area contributed by atoms with Crippen LogP contribution in [0.15, 0.2) is 18.3 Å². The van der Waals surface area contributed by atoms with E-state index in [4.69, 9.17) is 0 Å². The van der Waals surface area contributed by atoms with Gasteiger partial charge in [-0.1, -0.05) is 33.6 Å². The zero-order valence-electron chi connectivity index (χ0n) is 11.7. The Morgan fingerprint density at radius 3 is 2.61 bits per heavy atom. The largest absolute Gasteiger partial charge is 0.309 e. The standard InChI is InChI=1S/C15H25FN2/c1-4-10-17-14(7-5-6-12(2)3)15-9-8-13(16)11-18-15/h8-9,11-12,14,17H,4-7,10H2,1-3H3. The molecule has 1 aromatic heterocycles. The molecule has 1 N–H and O–H groups in total. The van der Waals surface area contributed by atoms with E-state index in [1.165, 1.54) is 25.1 Å². The number of halogens is 1. The van der Waals surface area contributed by atoms with Crippen molar-refractivity contribution in [2.24, 2.45) is 5.92 Å². The quantitative estimate of drug-likeness (QED) is 0.754. The van der Waals surface area contributed by atoms with E-state index >= 15 is 0 Å². The van der Waals surface area contributed by atoms with Gasteiger partial charge in [0.25, 0.3) is 0 Å². The Balaban J connectivity index is 2.56. The second-order valence-corrected chi connectivity index (χ2v) is 5.23. The number of nitrogens with zero attached hydrogens (tertiary/aromatic N) is 1. The van der Waals surface area contributed by atoms with Crippen molar-refractivity contribution in [3.8, 4) is 0 Å². The summed E-state index contributed by atoms with van der Waals surface area (Å²) in [6, 6.07) is 3.54. The van der Waals surface area contributed by atoms with E-state index in [9.17, 15) is 4.39 Å². The predicted octanol–water partition coefficient (Wildman–Crippen LogP) is 4.09. The van der Waals surface area contributed by atoms with Gasteiger partial charge in [0.1, 0.15) is 5.82 Å². The van der Waals surface area contributed by atoms with E-state index in [1.54, 1.807) is 6.07 Å². The average Bonchev–Trinajstić information content (AvgIpc) is 2.34. The molecule has 0 aliphatic heterocycles. The molecular formula is C15H25FN2. The first-order valence-corrected chi connectivity index (χ1v) is 6.98. The van der Waals surface area contributed by atoms with Gasteiger partial charge in [-0.3, -0.25) is 4.98 Å². The summed E-state index contributed by atoms with van der Waals surface area (Å²) >= 11 is 0. The third kappa shape index (κ3) is 5.58. The maximum absolute atomic E-state index is 12.9. The molecule has 18 heavy (non-hydrogen) atoms. The van der Waals surface area contributed by atoms with Gasteiger partial charge in [-0.05, 0) is 37.4 Å². The van der Waals surface area contributed by atoms with Crippen LogP contribution in [0.2, 0.25) is 0 Å². The summed E-state index contributed by atoms with van der Waals surface area (Å²) in [5.41, 5.74) is 0.952. The van der Waals surface area contributed by atoms with Gasteiger partial charge in [0, 0.05) is 6.04 Å². The van der Waals surface area contributed by atoms with Crippen LogP contribution in [0.3, 0.4) is 0 Å². The number of nitrogens with one attached hydrogen (secondary N) is 1. The highest BCUT2D eigenvalue weighted by molar-refractivity contribution is 5.09. The second kappa shape index (κ2) is 8.20. The van der Waals surface area contributed by atoms with Crippen LogP contribution >= 0.6 is 0 Å². The molecule has 0 bridgehead atoms. The maximum Gasteiger partial charge on any atom is 0.141 e. The van der Waals surface area contributed by atoms with Crippen LogP contribution in [0.4, 0.5) is 4.39 Å². The van der Waals surface area contributed by atoms with Gasteiger partial charge < -0.3 is 5.32 Å². The van der Waals surface area contributed by atoms with Gasteiger partial charge in [-0.15, -0.1) is 0 Å². The van der Waals surface area contributed by atoms with E-state index < -0.39 is 0 Å². The van der Waals surface area contributed by atoms with Crippen molar-refractivity contribution in [3.63, 3.8) is 0 Å². The second-order valence-electron chi connectivity index (χ2n) is 5.23. The van der Waals surface area contributed by atoms with E-state index in [1.807, 2.05) is 0 Å². The monoisotopic (exact) mass is 252 g/mol. The van der Waals surface area contributed by atoms with Crippen LogP contribution in [0.5, 0.6) is 0 Å². The Morgan fingerprint density at radius 2 is 2.06 bits per heavy atom. The Kier molecular flexibility index (Phi) is 6.88. The first-order valence-electron chi connectivity index (χ1n) is 6.98. The fraction of sp³-hybridized carbons (Fsp3) is 0.667. The molecule has 2 nitrogen and oxygen atoms in total. The van der Waals surface area contributed by atoms with E-state index in [0.717, 1.165) is 31.0 Å². The van der Waals surface area contributed by atoms with Crippen molar-refractivity contribution >= 4 is 0 Å². The Hall–Kier alpha value is -0.960. The molecule has 0 spiro atoms. The molecule has 1 unspecified atom stereocenters. The van der Waals surface area contributed by atoms with Crippen LogP contribution in [-0.4, -0.2) is 11.5 Å². The summed E-state index contributed by atoms with van der Waals surface area (Å²) in [5, 5.41) is 3.49. The van der Waals surface area contributed by atoms with Gasteiger partial charge in [-0.2, -0.15) is 0 Å². The van der Waals surface area contributed by atoms with Gasteiger partial charge in [0.2, 0.25) is 0 Å². The lowest BCUT2D eigenvalue weighted by Crippen LogP contribution is -2.23. The number of pyridine rings is 1. The molecular weight excluding hydrogens is 227 g/mol. The van der Waals surface area contributed by atoms with E-state index in [0.29, 0.717) is 0 Å². The van der Waals surface area contributed by atoms with Crippen molar-refractivity contribution in [2.45, 2.75) is 52.5 Å². The fourth-order valence-corrected chi connectivity index (χ4v) is 2.00. The lowest BCUT2D eigenvalue weighted by molar-refractivity contribution is 0.440.